The summed E-state index contributed by atoms with van der Waals surface area (Å²) in [7, 11) is 0. The number of unbranched alkanes of at least 4 members (excludes halogenated alkanes) is 8. The largest absolute Gasteiger partial charge is 0.464 e. The molecule has 0 aromatic rings. The third-order valence-corrected chi connectivity index (χ3v) is 5.52. The fraction of sp³-hybridized carbons (Fsp3) is 0.905. The number of esters is 1. The predicted octanol–water partition coefficient (Wildman–Crippen LogP) is 7.55. The van der Waals surface area contributed by atoms with Crippen molar-refractivity contribution in [3.8, 4) is 0 Å². The summed E-state index contributed by atoms with van der Waals surface area (Å²) in [6, 6.07) is 0. The summed E-state index contributed by atoms with van der Waals surface area (Å²) >= 11 is 0. The molecule has 0 saturated heterocycles. The summed E-state index contributed by atoms with van der Waals surface area (Å²) in [5, 5.41) is 0.594. The third-order valence-electron chi connectivity index (χ3n) is 5.52. The Kier molecular flexibility index (Phi) is 13.0. The van der Waals surface area contributed by atoms with Crippen molar-refractivity contribution < 1.29 is 80.2 Å². The van der Waals surface area contributed by atoms with E-state index in [1.54, 1.807) is 0 Å². The number of ether oxygens (including phenoxy) is 1. The summed E-state index contributed by atoms with van der Waals surface area (Å²) in [4.78, 5) is 22.7. The number of halogens is 15. The predicted molar refractivity (Wildman–Crippen MR) is 107 cm³/mol. The minimum atomic E-state index is -8.50. The summed E-state index contributed by atoms with van der Waals surface area (Å²) < 4.78 is 201. The normalized spacial score (nSPS) is 14.3. The second kappa shape index (κ2) is 13.7. The number of amides is 1. The maximum absolute atomic E-state index is 13.7. The highest BCUT2D eigenvalue weighted by atomic mass is 19.4. The minimum Gasteiger partial charge on any atom is -0.464 e. The molecule has 0 atom stereocenters. The molecular formula is C21H26F15NO3. The molecule has 0 saturated carbocycles. The van der Waals surface area contributed by atoms with E-state index < -0.39 is 60.1 Å². The Morgan fingerprint density at radius 2 is 0.925 bits per heavy atom. The topological polar surface area (TPSA) is 55.4 Å². The lowest BCUT2D eigenvalue weighted by Crippen LogP contribution is -2.74. The lowest BCUT2D eigenvalue weighted by atomic mass is 9.91. The van der Waals surface area contributed by atoms with E-state index in [0.717, 1.165) is 38.5 Å². The van der Waals surface area contributed by atoms with Crippen LogP contribution in [0.4, 0.5) is 65.9 Å². The van der Waals surface area contributed by atoms with Crippen molar-refractivity contribution in [2.45, 2.75) is 106 Å². The highest BCUT2D eigenvalue weighted by Crippen LogP contribution is 2.62. The van der Waals surface area contributed by atoms with Crippen molar-refractivity contribution >= 4 is 11.9 Å². The SMILES string of the molecule is CCCCCCCCCCCOC(=O)CNC(=O)C(F)(F)C(F)(F)C(F)(F)C(F)(F)C(F)(F)C(F)(F)C(F)(F)F. The first-order valence-corrected chi connectivity index (χ1v) is 11.6. The molecule has 4 nitrogen and oxygen atoms in total. The molecule has 0 aromatic carbocycles. The van der Waals surface area contributed by atoms with Gasteiger partial charge in [-0.05, 0) is 6.42 Å². The van der Waals surface area contributed by atoms with E-state index in [2.05, 4.69) is 4.74 Å². The van der Waals surface area contributed by atoms with E-state index in [4.69, 9.17) is 0 Å². The van der Waals surface area contributed by atoms with Gasteiger partial charge in [-0.1, -0.05) is 58.3 Å². The van der Waals surface area contributed by atoms with Crippen molar-refractivity contribution in [2.75, 3.05) is 13.2 Å². The van der Waals surface area contributed by atoms with E-state index in [1.807, 2.05) is 6.92 Å². The lowest BCUT2D eigenvalue weighted by molar-refractivity contribution is -0.449. The van der Waals surface area contributed by atoms with Gasteiger partial charge in [-0.3, -0.25) is 9.59 Å². The number of nitrogens with one attached hydrogen (secondary N) is 1. The molecule has 0 aliphatic heterocycles. The average Bonchev–Trinajstić information content (AvgIpc) is 2.82. The summed E-state index contributed by atoms with van der Waals surface area (Å²) in [5.41, 5.74) is 0. The highest BCUT2D eigenvalue weighted by Gasteiger charge is 2.94. The third kappa shape index (κ3) is 7.79. The monoisotopic (exact) mass is 625 g/mol. The minimum absolute atomic E-state index is 0.223. The first kappa shape index (κ1) is 37.9. The maximum Gasteiger partial charge on any atom is 0.460 e. The Hall–Kier alpha value is -2.11. The molecule has 0 unspecified atom stereocenters. The molecule has 0 spiro atoms. The second-order valence-electron chi connectivity index (χ2n) is 8.68. The van der Waals surface area contributed by atoms with Gasteiger partial charge in [0.25, 0.3) is 5.91 Å². The molecule has 0 aliphatic carbocycles. The van der Waals surface area contributed by atoms with Crippen LogP contribution in [-0.2, 0) is 14.3 Å². The molecule has 0 bridgehead atoms. The molecule has 0 fully saturated rings. The van der Waals surface area contributed by atoms with Gasteiger partial charge in [-0.15, -0.1) is 0 Å². The van der Waals surface area contributed by atoms with E-state index in [1.165, 1.54) is 0 Å². The zero-order valence-corrected chi connectivity index (χ0v) is 20.7. The number of alkyl halides is 15. The van der Waals surface area contributed by atoms with Gasteiger partial charge < -0.3 is 10.1 Å². The zero-order valence-electron chi connectivity index (χ0n) is 20.7. The van der Waals surface area contributed by atoms with Gasteiger partial charge in [0, 0.05) is 0 Å². The molecule has 0 heterocycles. The standard InChI is InChI=1S/C21H26F15NO3/c1-2-3-4-5-6-7-8-9-10-11-40-13(38)12-37-14(39)15(22,23)16(24,25)17(26,27)18(28,29)19(30,31)20(32,33)21(34,35)36/h2-12H2,1H3,(H,37,39). The highest BCUT2D eigenvalue weighted by molar-refractivity contribution is 5.88. The van der Waals surface area contributed by atoms with Crippen LogP contribution >= 0.6 is 0 Å². The van der Waals surface area contributed by atoms with E-state index >= 15 is 0 Å². The Morgan fingerprint density at radius 3 is 1.35 bits per heavy atom. The molecule has 19 heteroatoms. The van der Waals surface area contributed by atoms with Gasteiger partial charge in [0.05, 0.1) is 6.61 Å². The van der Waals surface area contributed by atoms with Gasteiger partial charge in [0.1, 0.15) is 6.54 Å². The van der Waals surface area contributed by atoms with E-state index in [9.17, 15) is 75.4 Å². The first-order valence-electron chi connectivity index (χ1n) is 11.6. The van der Waals surface area contributed by atoms with Gasteiger partial charge >= 0.3 is 47.7 Å². The first-order chi connectivity index (χ1) is 17.9. The molecule has 1 amide bonds. The quantitative estimate of drug-likeness (QED) is 0.0973. The molecule has 40 heavy (non-hydrogen) atoms. The molecule has 0 aromatic heterocycles. The lowest BCUT2D eigenvalue weighted by Gasteiger charge is -2.41. The Labute approximate surface area is 218 Å². The Balaban J connectivity index is 5.21. The second-order valence-corrected chi connectivity index (χ2v) is 8.68. The van der Waals surface area contributed by atoms with Crippen molar-refractivity contribution in [3.63, 3.8) is 0 Å². The molecular weight excluding hydrogens is 599 g/mol. The van der Waals surface area contributed by atoms with Crippen LogP contribution in [0.25, 0.3) is 0 Å². The van der Waals surface area contributed by atoms with Crippen LogP contribution in [0, 0.1) is 0 Å². The van der Waals surface area contributed by atoms with Crippen LogP contribution in [0.3, 0.4) is 0 Å². The summed E-state index contributed by atoms with van der Waals surface area (Å²) in [5.74, 6) is -53.8. The number of carbonyl (C=O) groups is 2. The van der Waals surface area contributed by atoms with E-state index in [-0.39, 0.29) is 13.0 Å². The van der Waals surface area contributed by atoms with Crippen molar-refractivity contribution in [1.29, 1.82) is 0 Å². The molecule has 0 aliphatic rings. The summed E-state index contributed by atoms with van der Waals surface area (Å²) in [6.07, 6.45) is -0.252. The van der Waals surface area contributed by atoms with Gasteiger partial charge in [-0.2, -0.15) is 65.9 Å². The fourth-order valence-corrected chi connectivity index (χ4v) is 3.02. The van der Waals surface area contributed by atoms with Crippen molar-refractivity contribution in [1.82, 2.24) is 5.32 Å². The van der Waals surface area contributed by atoms with Crippen molar-refractivity contribution in [3.05, 3.63) is 0 Å². The van der Waals surface area contributed by atoms with Gasteiger partial charge in [-0.25, -0.2) is 0 Å². The maximum atomic E-state index is 13.7. The summed E-state index contributed by atoms with van der Waals surface area (Å²) in [6.45, 7) is -0.0783. The molecule has 238 valence electrons. The van der Waals surface area contributed by atoms with E-state index in [0.29, 0.717) is 18.2 Å². The molecule has 1 N–H and O–H groups in total. The van der Waals surface area contributed by atoms with Crippen LogP contribution in [-0.4, -0.2) is 66.7 Å². The number of rotatable bonds is 18. The zero-order chi connectivity index (χ0) is 31.8. The van der Waals surface area contributed by atoms with Crippen LogP contribution < -0.4 is 5.32 Å². The Bertz CT molecular complexity index is 829. The number of hydrogen-bond donors (Lipinski definition) is 1. The Morgan fingerprint density at radius 1 is 0.550 bits per heavy atom. The number of carbonyl (C=O) groups excluding carboxylic acids is 2. The number of hydrogen-bond acceptors (Lipinski definition) is 3. The van der Waals surface area contributed by atoms with Crippen LogP contribution in [0.15, 0.2) is 0 Å². The van der Waals surface area contributed by atoms with Crippen LogP contribution in [0.5, 0.6) is 0 Å². The fourth-order valence-electron chi connectivity index (χ4n) is 3.02. The van der Waals surface area contributed by atoms with Crippen LogP contribution in [0.2, 0.25) is 0 Å². The average molecular weight is 625 g/mol. The van der Waals surface area contributed by atoms with Crippen molar-refractivity contribution in [2.24, 2.45) is 0 Å². The molecule has 0 radical (unpaired) electrons. The van der Waals surface area contributed by atoms with Gasteiger partial charge in [0.15, 0.2) is 0 Å². The van der Waals surface area contributed by atoms with Gasteiger partial charge in [0.2, 0.25) is 0 Å². The smallest absolute Gasteiger partial charge is 0.460 e. The van der Waals surface area contributed by atoms with Crippen LogP contribution in [0.1, 0.15) is 64.7 Å². The molecule has 0 rings (SSSR count).